The Morgan fingerprint density at radius 1 is 1.08 bits per heavy atom. The van der Waals surface area contributed by atoms with Gasteiger partial charge in [0.25, 0.3) is 5.56 Å². The number of hydrogen-bond acceptors (Lipinski definition) is 4. The van der Waals surface area contributed by atoms with Crippen molar-refractivity contribution in [2.45, 2.75) is 38.1 Å². The summed E-state index contributed by atoms with van der Waals surface area (Å²) in [5, 5.41) is 11.9. The van der Waals surface area contributed by atoms with E-state index in [1.807, 2.05) is 66.7 Å². The summed E-state index contributed by atoms with van der Waals surface area (Å²) in [6, 6.07) is 18.4. The number of carboxylic acid groups (broad SMARTS) is 1. The third-order valence-corrected chi connectivity index (χ3v) is 8.05. The summed E-state index contributed by atoms with van der Waals surface area (Å²) in [7, 11) is 0. The summed E-state index contributed by atoms with van der Waals surface area (Å²) in [5.41, 5.74) is 3.44. The van der Waals surface area contributed by atoms with Gasteiger partial charge in [0.05, 0.1) is 5.39 Å². The monoisotopic (exact) mass is 495 g/mol. The number of fused-ring (bicyclic) bond motifs is 4. The lowest BCUT2D eigenvalue weighted by molar-refractivity contribution is -0.141. The van der Waals surface area contributed by atoms with Crippen LogP contribution in [0.2, 0.25) is 0 Å². The Morgan fingerprint density at radius 3 is 2.67 bits per heavy atom. The molecule has 3 heterocycles. The first-order chi connectivity index (χ1) is 17.6. The van der Waals surface area contributed by atoms with Gasteiger partial charge in [-0.05, 0) is 60.4 Å². The number of aromatic nitrogens is 3. The Morgan fingerprint density at radius 2 is 1.86 bits per heavy atom. The number of nitrogens with zero attached hydrogens (tertiary/aromatic N) is 2. The second-order valence-corrected chi connectivity index (χ2v) is 10.3. The molecule has 36 heavy (non-hydrogen) atoms. The van der Waals surface area contributed by atoms with Crippen LogP contribution in [0.1, 0.15) is 46.4 Å². The molecule has 180 valence electrons. The number of thiophene rings is 1. The first-order valence-electron chi connectivity index (χ1n) is 12.2. The summed E-state index contributed by atoms with van der Waals surface area (Å²) in [6.45, 7) is 0. The van der Waals surface area contributed by atoms with Gasteiger partial charge in [-0.25, -0.2) is 9.78 Å². The van der Waals surface area contributed by atoms with Gasteiger partial charge in [0.1, 0.15) is 16.7 Å². The van der Waals surface area contributed by atoms with Gasteiger partial charge >= 0.3 is 5.97 Å². The van der Waals surface area contributed by atoms with Crippen LogP contribution in [0.4, 0.5) is 0 Å². The van der Waals surface area contributed by atoms with E-state index in [9.17, 15) is 14.7 Å². The fourth-order valence-corrected chi connectivity index (χ4v) is 6.39. The fraction of sp³-hybridized carbons (Fsp3) is 0.207. The zero-order chi connectivity index (χ0) is 24.6. The lowest BCUT2D eigenvalue weighted by atomic mass is 9.97. The summed E-state index contributed by atoms with van der Waals surface area (Å²) in [6.07, 6.45) is 7.71. The van der Waals surface area contributed by atoms with E-state index in [-0.39, 0.29) is 12.0 Å². The fourth-order valence-electron chi connectivity index (χ4n) is 5.13. The van der Waals surface area contributed by atoms with Crippen LogP contribution in [-0.2, 0) is 24.1 Å². The number of carbonyl (C=O) groups is 1. The molecular formula is C29H25N3O3S. The number of aliphatic carboxylic acids is 1. The van der Waals surface area contributed by atoms with Crippen LogP contribution in [0.3, 0.4) is 0 Å². The van der Waals surface area contributed by atoms with E-state index in [4.69, 9.17) is 4.98 Å². The maximum absolute atomic E-state index is 14.0. The van der Waals surface area contributed by atoms with Gasteiger partial charge in [-0.3, -0.25) is 9.36 Å². The first-order valence-corrected chi connectivity index (χ1v) is 13.0. The van der Waals surface area contributed by atoms with E-state index in [1.165, 1.54) is 9.44 Å². The number of aryl methyl sites for hydroxylation is 2. The number of carboxylic acids is 1. The zero-order valence-corrected chi connectivity index (χ0v) is 20.4. The van der Waals surface area contributed by atoms with Crippen molar-refractivity contribution >= 4 is 50.6 Å². The molecule has 0 spiro atoms. The first kappa shape index (κ1) is 22.5. The number of aromatic amines is 1. The summed E-state index contributed by atoms with van der Waals surface area (Å²) in [4.78, 5) is 36.7. The number of hydrogen-bond donors (Lipinski definition) is 2. The number of para-hydroxylation sites is 1. The van der Waals surface area contributed by atoms with E-state index in [0.29, 0.717) is 16.0 Å². The van der Waals surface area contributed by atoms with Crippen molar-refractivity contribution in [3.8, 4) is 0 Å². The molecule has 0 saturated heterocycles. The minimum Gasteiger partial charge on any atom is -0.480 e. The molecule has 5 aromatic rings. The number of H-pyrrole nitrogens is 1. The van der Waals surface area contributed by atoms with Crippen molar-refractivity contribution in [1.29, 1.82) is 0 Å². The summed E-state index contributed by atoms with van der Waals surface area (Å²) in [5.74, 6) is -0.700. The Labute approximate surface area is 211 Å². The highest BCUT2D eigenvalue weighted by Gasteiger charge is 2.28. The lowest BCUT2D eigenvalue weighted by Gasteiger charge is -2.18. The van der Waals surface area contributed by atoms with Crippen LogP contribution in [0.15, 0.2) is 65.5 Å². The molecule has 2 aromatic carbocycles. The molecule has 6 nitrogen and oxygen atoms in total. The van der Waals surface area contributed by atoms with Crippen LogP contribution in [0, 0.1) is 0 Å². The van der Waals surface area contributed by atoms with Crippen LogP contribution in [0.5, 0.6) is 0 Å². The molecule has 6 rings (SSSR count). The molecule has 1 atom stereocenters. The SMILES string of the molecule is O=C(O)C(Cc1cc2ccccc2[nH]1)n1c(/C=C/c2ccccc2)nc2sc3c(c2c1=O)CCCC3. The van der Waals surface area contributed by atoms with E-state index in [2.05, 4.69) is 4.98 Å². The maximum atomic E-state index is 14.0. The molecule has 0 bridgehead atoms. The van der Waals surface area contributed by atoms with E-state index in [1.54, 1.807) is 17.4 Å². The Hall–Kier alpha value is -3.97. The van der Waals surface area contributed by atoms with Crippen molar-refractivity contribution < 1.29 is 9.90 Å². The average molecular weight is 496 g/mol. The van der Waals surface area contributed by atoms with Crippen LogP contribution >= 0.6 is 11.3 Å². The van der Waals surface area contributed by atoms with Crippen molar-refractivity contribution in [3.63, 3.8) is 0 Å². The Bertz CT molecular complexity index is 1640. The topological polar surface area (TPSA) is 88.0 Å². The highest BCUT2D eigenvalue weighted by molar-refractivity contribution is 7.18. The van der Waals surface area contributed by atoms with Gasteiger partial charge in [0.2, 0.25) is 0 Å². The molecule has 7 heteroatoms. The predicted octanol–water partition coefficient (Wildman–Crippen LogP) is 5.86. The van der Waals surface area contributed by atoms with Crippen molar-refractivity contribution in [2.75, 3.05) is 0 Å². The van der Waals surface area contributed by atoms with Gasteiger partial charge in [0.15, 0.2) is 0 Å². The molecule has 0 aliphatic heterocycles. The van der Waals surface area contributed by atoms with Crippen LogP contribution in [-0.4, -0.2) is 25.6 Å². The van der Waals surface area contributed by atoms with Crippen molar-refractivity contribution in [1.82, 2.24) is 14.5 Å². The Balaban J connectivity index is 1.53. The molecule has 3 aromatic heterocycles. The van der Waals surface area contributed by atoms with Crippen LogP contribution in [0.25, 0.3) is 33.3 Å². The second kappa shape index (κ2) is 9.24. The predicted molar refractivity (Wildman–Crippen MR) is 145 cm³/mol. The minimum atomic E-state index is -1.10. The molecular weight excluding hydrogens is 470 g/mol. The summed E-state index contributed by atoms with van der Waals surface area (Å²) < 4.78 is 1.39. The van der Waals surface area contributed by atoms with Gasteiger partial charge < -0.3 is 10.1 Å². The van der Waals surface area contributed by atoms with Gasteiger partial charge in [-0.15, -0.1) is 11.3 Å². The standard InChI is InChI=1S/C29H25N3O3S/c33-28-26-21-11-5-7-13-24(21)36-27(26)31-25(15-14-18-8-2-1-3-9-18)32(28)23(29(34)35)17-20-16-19-10-4-6-12-22(19)30-20/h1-4,6,8-10,12,14-16,23,30H,5,7,11,13,17H2,(H,34,35)/b15-14+. The van der Waals surface area contributed by atoms with E-state index < -0.39 is 12.0 Å². The number of benzene rings is 2. The lowest BCUT2D eigenvalue weighted by Crippen LogP contribution is -2.34. The molecule has 1 aliphatic rings. The zero-order valence-electron chi connectivity index (χ0n) is 19.6. The van der Waals surface area contributed by atoms with Crippen LogP contribution < -0.4 is 5.56 Å². The highest BCUT2D eigenvalue weighted by Crippen LogP contribution is 2.34. The quantitative estimate of drug-likeness (QED) is 0.309. The molecule has 0 amide bonds. The van der Waals surface area contributed by atoms with Crippen molar-refractivity contribution in [2.24, 2.45) is 0 Å². The van der Waals surface area contributed by atoms with E-state index >= 15 is 0 Å². The molecule has 0 fully saturated rings. The normalized spacial score (nSPS) is 14.4. The second-order valence-electron chi connectivity index (χ2n) is 9.22. The van der Waals surface area contributed by atoms with Crippen molar-refractivity contribution in [3.05, 3.63) is 98.5 Å². The largest absolute Gasteiger partial charge is 0.480 e. The third-order valence-electron chi connectivity index (χ3n) is 6.87. The van der Waals surface area contributed by atoms with Gasteiger partial charge in [-0.1, -0.05) is 54.6 Å². The molecule has 1 unspecified atom stereocenters. The number of nitrogens with one attached hydrogen (secondary N) is 1. The maximum Gasteiger partial charge on any atom is 0.327 e. The Kier molecular flexibility index (Phi) is 5.77. The molecule has 0 saturated carbocycles. The smallest absolute Gasteiger partial charge is 0.327 e. The minimum absolute atomic E-state index is 0.148. The summed E-state index contributed by atoms with van der Waals surface area (Å²) >= 11 is 1.57. The molecule has 0 radical (unpaired) electrons. The highest BCUT2D eigenvalue weighted by atomic mass is 32.1. The molecule has 1 aliphatic carbocycles. The molecule has 2 N–H and O–H groups in total. The number of rotatable bonds is 6. The van der Waals surface area contributed by atoms with E-state index in [0.717, 1.165) is 53.4 Å². The average Bonchev–Trinajstić information content (AvgIpc) is 3.47. The third kappa shape index (κ3) is 4.05. The van der Waals surface area contributed by atoms with Gasteiger partial charge in [0, 0.05) is 22.5 Å². The van der Waals surface area contributed by atoms with Gasteiger partial charge in [-0.2, -0.15) is 0 Å².